The summed E-state index contributed by atoms with van der Waals surface area (Å²) in [5, 5.41) is 3.16. The Morgan fingerprint density at radius 3 is 2.38 bits per heavy atom. The molecule has 1 nitrogen and oxygen atoms in total. The number of rotatable bonds is 8. The number of benzene rings is 1. The van der Waals surface area contributed by atoms with Crippen molar-refractivity contribution in [1.29, 1.82) is 0 Å². The van der Waals surface area contributed by atoms with Gasteiger partial charge in [0.2, 0.25) is 0 Å². The van der Waals surface area contributed by atoms with Crippen molar-refractivity contribution >= 4 is 0 Å². The summed E-state index contributed by atoms with van der Waals surface area (Å²) >= 11 is 0. The summed E-state index contributed by atoms with van der Waals surface area (Å²) in [6.07, 6.45) is -0.0673. The zero-order valence-corrected chi connectivity index (χ0v) is 12.6. The van der Waals surface area contributed by atoms with Gasteiger partial charge in [-0.05, 0) is 37.6 Å². The summed E-state index contributed by atoms with van der Waals surface area (Å²) in [7, 11) is 0. The fourth-order valence-electron chi connectivity index (χ4n) is 2.27. The van der Waals surface area contributed by atoms with Gasteiger partial charge >= 0.3 is 6.18 Å². The van der Waals surface area contributed by atoms with Gasteiger partial charge in [0.15, 0.2) is 0 Å². The quantitative estimate of drug-likeness (QED) is 0.496. The van der Waals surface area contributed by atoms with Crippen LogP contribution in [0.2, 0.25) is 0 Å². The number of alkyl halides is 3. The normalized spacial score (nSPS) is 13.4. The Hall–Kier alpha value is -1.10. The van der Waals surface area contributed by atoms with Crippen LogP contribution >= 0.6 is 0 Å². The molecule has 0 aromatic heterocycles. The standard InChI is InChI=1S/C16H23F4N/c1-3-5-6-7-15(21-10-4-2)13-11-12(16(18,19)20)8-9-14(13)17/h8-9,11,15,21H,3-7,10H2,1-2H3. The molecule has 1 aromatic rings. The largest absolute Gasteiger partial charge is 0.416 e. The zero-order chi connectivity index (χ0) is 15.9. The molecule has 1 atom stereocenters. The van der Waals surface area contributed by atoms with Crippen LogP contribution in [0, 0.1) is 5.82 Å². The zero-order valence-electron chi connectivity index (χ0n) is 12.6. The van der Waals surface area contributed by atoms with E-state index in [0.29, 0.717) is 13.0 Å². The van der Waals surface area contributed by atoms with E-state index in [1.807, 2.05) is 6.92 Å². The number of nitrogens with one attached hydrogen (secondary N) is 1. The van der Waals surface area contributed by atoms with E-state index in [9.17, 15) is 17.6 Å². The summed E-state index contributed by atoms with van der Waals surface area (Å²) in [5.74, 6) is -0.576. The van der Waals surface area contributed by atoms with Gasteiger partial charge in [-0.3, -0.25) is 0 Å². The first kappa shape index (κ1) is 18.0. The summed E-state index contributed by atoms with van der Waals surface area (Å²) in [6.45, 7) is 4.68. The van der Waals surface area contributed by atoms with E-state index in [-0.39, 0.29) is 11.6 Å². The maximum atomic E-state index is 13.9. The van der Waals surface area contributed by atoms with E-state index in [1.165, 1.54) is 0 Å². The van der Waals surface area contributed by atoms with Gasteiger partial charge in [-0.1, -0.05) is 33.1 Å². The number of hydrogen-bond donors (Lipinski definition) is 1. The van der Waals surface area contributed by atoms with E-state index >= 15 is 0 Å². The van der Waals surface area contributed by atoms with Crippen LogP contribution in [0.4, 0.5) is 17.6 Å². The highest BCUT2D eigenvalue weighted by Crippen LogP contribution is 2.33. The van der Waals surface area contributed by atoms with Gasteiger partial charge in [0.05, 0.1) is 5.56 Å². The molecule has 0 bridgehead atoms. The van der Waals surface area contributed by atoms with Crippen molar-refractivity contribution in [2.45, 2.75) is 58.2 Å². The Morgan fingerprint density at radius 1 is 1.10 bits per heavy atom. The van der Waals surface area contributed by atoms with Crippen LogP contribution in [0.3, 0.4) is 0 Å². The Labute approximate surface area is 123 Å². The van der Waals surface area contributed by atoms with Gasteiger partial charge in [-0.15, -0.1) is 0 Å². The maximum absolute atomic E-state index is 13.9. The van der Waals surface area contributed by atoms with E-state index in [0.717, 1.165) is 43.9 Å². The van der Waals surface area contributed by atoms with E-state index in [4.69, 9.17) is 0 Å². The molecule has 0 fully saturated rings. The van der Waals surface area contributed by atoms with Gasteiger partial charge in [0, 0.05) is 11.6 Å². The minimum Gasteiger partial charge on any atom is -0.310 e. The Morgan fingerprint density at radius 2 is 1.81 bits per heavy atom. The fraction of sp³-hybridized carbons (Fsp3) is 0.625. The molecule has 0 spiro atoms. The lowest BCUT2D eigenvalue weighted by Gasteiger charge is -2.21. The molecule has 0 saturated carbocycles. The van der Waals surface area contributed by atoms with Gasteiger partial charge in [-0.2, -0.15) is 13.2 Å². The predicted octanol–water partition coefficient (Wildman–Crippen LogP) is 5.47. The summed E-state index contributed by atoms with van der Waals surface area (Å²) in [5.41, 5.74) is -0.674. The first-order chi connectivity index (χ1) is 9.90. The Balaban J connectivity index is 2.98. The minimum atomic E-state index is -4.44. The fourth-order valence-corrected chi connectivity index (χ4v) is 2.27. The molecule has 120 valence electrons. The third-order valence-electron chi connectivity index (χ3n) is 3.44. The van der Waals surface area contributed by atoms with Crippen molar-refractivity contribution in [3.63, 3.8) is 0 Å². The van der Waals surface area contributed by atoms with E-state index < -0.39 is 17.6 Å². The summed E-state index contributed by atoms with van der Waals surface area (Å²) in [6, 6.07) is 2.29. The van der Waals surface area contributed by atoms with Crippen LogP contribution in [-0.2, 0) is 6.18 Å². The molecule has 1 unspecified atom stereocenters. The highest BCUT2D eigenvalue weighted by atomic mass is 19.4. The first-order valence-corrected chi connectivity index (χ1v) is 7.50. The number of halogens is 4. The molecule has 0 aliphatic carbocycles. The Kier molecular flexibility index (Phi) is 7.15. The minimum absolute atomic E-state index is 0.120. The third kappa shape index (κ3) is 5.65. The molecule has 0 amide bonds. The van der Waals surface area contributed by atoms with Crippen molar-refractivity contribution < 1.29 is 17.6 Å². The molecule has 5 heteroatoms. The molecule has 1 N–H and O–H groups in total. The smallest absolute Gasteiger partial charge is 0.310 e. The lowest BCUT2D eigenvalue weighted by Crippen LogP contribution is -2.23. The van der Waals surface area contributed by atoms with E-state index in [1.54, 1.807) is 0 Å². The second-order valence-electron chi connectivity index (χ2n) is 5.24. The molecule has 1 aromatic carbocycles. The molecule has 0 saturated heterocycles. The summed E-state index contributed by atoms with van der Waals surface area (Å²) < 4.78 is 52.3. The third-order valence-corrected chi connectivity index (χ3v) is 3.44. The van der Waals surface area contributed by atoms with Crippen LogP contribution < -0.4 is 5.32 Å². The van der Waals surface area contributed by atoms with Crippen LogP contribution in [-0.4, -0.2) is 6.54 Å². The SMILES string of the molecule is CCCCCC(NCCC)c1cc(C(F)(F)F)ccc1F. The summed E-state index contributed by atoms with van der Waals surface area (Å²) in [4.78, 5) is 0. The number of unbranched alkanes of at least 4 members (excludes halogenated alkanes) is 2. The van der Waals surface area contributed by atoms with Crippen LogP contribution in [0.25, 0.3) is 0 Å². The molecule has 0 aliphatic rings. The molecular weight excluding hydrogens is 282 g/mol. The van der Waals surface area contributed by atoms with Gasteiger partial charge in [-0.25, -0.2) is 4.39 Å². The molecule has 0 radical (unpaired) electrons. The second-order valence-corrected chi connectivity index (χ2v) is 5.24. The van der Waals surface area contributed by atoms with Gasteiger partial charge in [0.1, 0.15) is 5.82 Å². The average molecular weight is 305 g/mol. The monoisotopic (exact) mass is 305 g/mol. The van der Waals surface area contributed by atoms with Crippen molar-refractivity contribution in [2.75, 3.05) is 6.54 Å². The average Bonchev–Trinajstić information content (AvgIpc) is 2.42. The van der Waals surface area contributed by atoms with Gasteiger partial charge in [0.25, 0.3) is 0 Å². The molecular formula is C16H23F4N. The van der Waals surface area contributed by atoms with Crippen molar-refractivity contribution in [1.82, 2.24) is 5.32 Å². The molecule has 1 rings (SSSR count). The lowest BCUT2D eigenvalue weighted by molar-refractivity contribution is -0.137. The van der Waals surface area contributed by atoms with E-state index in [2.05, 4.69) is 12.2 Å². The van der Waals surface area contributed by atoms with Crippen molar-refractivity contribution in [2.24, 2.45) is 0 Å². The van der Waals surface area contributed by atoms with Crippen LogP contribution in [0.15, 0.2) is 18.2 Å². The van der Waals surface area contributed by atoms with Crippen LogP contribution in [0.5, 0.6) is 0 Å². The lowest BCUT2D eigenvalue weighted by atomic mass is 9.97. The highest BCUT2D eigenvalue weighted by Gasteiger charge is 2.31. The van der Waals surface area contributed by atoms with Crippen LogP contribution in [0.1, 0.15) is 63.1 Å². The van der Waals surface area contributed by atoms with Crippen molar-refractivity contribution in [3.05, 3.63) is 35.1 Å². The number of hydrogen-bond acceptors (Lipinski definition) is 1. The van der Waals surface area contributed by atoms with Gasteiger partial charge < -0.3 is 5.32 Å². The highest BCUT2D eigenvalue weighted by molar-refractivity contribution is 5.29. The topological polar surface area (TPSA) is 12.0 Å². The molecule has 0 aliphatic heterocycles. The molecule has 0 heterocycles. The maximum Gasteiger partial charge on any atom is 0.416 e. The van der Waals surface area contributed by atoms with Crippen molar-refractivity contribution in [3.8, 4) is 0 Å². The predicted molar refractivity (Wildman–Crippen MR) is 76.6 cm³/mol. The molecule has 21 heavy (non-hydrogen) atoms. The Bertz CT molecular complexity index is 429. The first-order valence-electron chi connectivity index (χ1n) is 7.50. The second kappa shape index (κ2) is 8.37.